The summed E-state index contributed by atoms with van der Waals surface area (Å²) in [6, 6.07) is 15.7. The Labute approximate surface area is 156 Å². The van der Waals surface area contributed by atoms with Gasteiger partial charge in [0.05, 0.1) is 0 Å². The third kappa shape index (κ3) is 4.15. The fraction of sp³-hybridized carbons (Fsp3) is 0.150. The van der Waals surface area contributed by atoms with Gasteiger partial charge in [0.1, 0.15) is 5.58 Å². The van der Waals surface area contributed by atoms with Crippen LogP contribution >= 0.6 is 12.2 Å². The summed E-state index contributed by atoms with van der Waals surface area (Å²) in [5.74, 6) is 0.136. The predicted molar refractivity (Wildman–Crippen MR) is 107 cm³/mol. The van der Waals surface area contributed by atoms with Gasteiger partial charge in [0.2, 0.25) is 0 Å². The number of hydrogen-bond donors (Lipinski definition) is 2. The zero-order valence-corrected chi connectivity index (χ0v) is 15.2. The minimum Gasteiger partial charge on any atom is -0.423 e. The second-order valence-corrected chi connectivity index (χ2v) is 6.60. The first kappa shape index (κ1) is 17.8. The number of anilines is 1. The van der Waals surface area contributed by atoms with Gasteiger partial charge >= 0.3 is 5.63 Å². The van der Waals surface area contributed by atoms with Gasteiger partial charge in [-0.15, -0.1) is 0 Å². The summed E-state index contributed by atoms with van der Waals surface area (Å²) in [6.45, 7) is 4.20. The van der Waals surface area contributed by atoms with Crippen LogP contribution in [0.25, 0.3) is 11.0 Å². The summed E-state index contributed by atoms with van der Waals surface area (Å²) in [6.07, 6.45) is 0. The lowest BCUT2D eigenvalue weighted by molar-refractivity contribution is 0.0977. The molecule has 0 aliphatic heterocycles. The van der Waals surface area contributed by atoms with Crippen molar-refractivity contribution in [3.63, 3.8) is 0 Å². The number of rotatable bonds is 3. The third-order valence-electron chi connectivity index (χ3n) is 3.94. The molecule has 0 saturated carbocycles. The molecule has 1 amide bonds. The summed E-state index contributed by atoms with van der Waals surface area (Å²) in [4.78, 5) is 23.5. The molecule has 26 heavy (non-hydrogen) atoms. The quantitative estimate of drug-likeness (QED) is 0.541. The monoisotopic (exact) mass is 366 g/mol. The molecular weight excluding hydrogens is 348 g/mol. The van der Waals surface area contributed by atoms with Crippen LogP contribution in [0.3, 0.4) is 0 Å². The number of nitrogens with one attached hydrogen (secondary N) is 2. The maximum absolute atomic E-state index is 12.3. The second kappa shape index (κ2) is 7.49. The lowest BCUT2D eigenvalue weighted by Gasteiger charge is -2.11. The molecule has 0 saturated heterocycles. The zero-order valence-electron chi connectivity index (χ0n) is 14.4. The molecule has 3 rings (SSSR count). The van der Waals surface area contributed by atoms with Gasteiger partial charge < -0.3 is 9.73 Å². The van der Waals surface area contributed by atoms with Crippen molar-refractivity contribution in [1.82, 2.24) is 5.32 Å². The van der Waals surface area contributed by atoms with Gasteiger partial charge in [0.15, 0.2) is 5.11 Å². The first-order valence-corrected chi connectivity index (χ1v) is 8.59. The molecule has 0 aliphatic rings. The van der Waals surface area contributed by atoms with E-state index in [0.717, 1.165) is 5.39 Å². The van der Waals surface area contributed by atoms with Gasteiger partial charge in [0, 0.05) is 22.7 Å². The van der Waals surface area contributed by atoms with Gasteiger partial charge in [-0.3, -0.25) is 10.1 Å². The molecule has 2 N–H and O–H groups in total. The van der Waals surface area contributed by atoms with Crippen LogP contribution in [0.2, 0.25) is 0 Å². The summed E-state index contributed by atoms with van der Waals surface area (Å²) >= 11 is 5.21. The van der Waals surface area contributed by atoms with Crippen molar-refractivity contribution in [3.05, 3.63) is 76.1 Å². The highest BCUT2D eigenvalue weighted by molar-refractivity contribution is 7.80. The first-order chi connectivity index (χ1) is 12.4. The van der Waals surface area contributed by atoms with E-state index in [2.05, 4.69) is 24.5 Å². The molecule has 0 atom stereocenters. The second-order valence-electron chi connectivity index (χ2n) is 6.19. The van der Waals surface area contributed by atoms with Gasteiger partial charge in [-0.2, -0.15) is 0 Å². The van der Waals surface area contributed by atoms with Crippen molar-refractivity contribution in [1.29, 1.82) is 0 Å². The summed E-state index contributed by atoms with van der Waals surface area (Å²) < 4.78 is 5.08. The van der Waals surface area contributed by atoms with Crippen molar-refractivity contribution in [2.24, 2.45) is 0 Å². The Morgan fingerprint density at radius 3 is 2.46 bits per heavy atom. The standard InChI is InChI=1S/C20H18N2O3S/c1-12(2)13-3-5-14(6-4-13)19(24)22-20(26)21-16-8-9-17-15(11-16)7-10-18(23)25-17/h3-12H,1-2H3,(H2,21,22,24,26). The fourth-order valence-electron chi connectivity index (χ4n) is 2.51. The molecule has 132 valence electrons. The molecule has 5 nitrogen and oxygen atoms in total. The summed E-state index contributed by atoms with van der Waals surface area (Å²) in [5.41, 5.74) is 2.49. The van der Waals surface area contributed by atoms with E-state index in [1.54, 1.807) is 36.4 Å². The largest absolute Gasteiger partial charge is 0.423 e. The van der Waals surface area contributed by atoms with Crippen molar-refractivity contribution < 1.29 is 9.21 Å². The highest BCUT2D eigenvalue weighted by atomic mass is 32.1. The first-order valence-electron chi connectivity index (χ1n) is 8.18. The van der Waals surface area contributed by atoms with Crippen LogP contribution in [0.1, 0.15) is 35.7 Å². The van der Waals surface area contributed by atoms with E-state index in [1.165, 1.54) is 11.6 Å². The number of benzene rings is 2. The summed E-state index contributed by atoms with van der Waals surface area (Å²) in [5, 5.41) is 6.57. The van der Waals surface area contributed by atoms with E-state index in [0.29, 0.717) is 22.8 Å². The molecule has 0 aliphatic carbocycles. The topological polar surface area (TPSA) is 71.3 Å². The lowest BCUT2D eigenvalue weighted by Crippen LogP contribution is -2.34. The Bertz CT molecular complexity index is 1020. The lowest BCUT2D eigenvalue weighted by atomic mass is 10.0. The van der Waals surface area contributed by atoms with E-state index >= 15 is 0 Å². The Balaban J connectivity index is 1.67. The Hall–Kier alpha value is -2.99. The van der Waals surface area contributed by atoms with Crippen LogP contribution in [0.15, 0.2) is 63.8 Å². The van der Waals surface area contributed by atoms with Crippen LogP contribution < -0.4 is 16.3 Å². The van der Waals surface area contributed by atoms with Gasteiger partial charge in [-0.1, -0.05) is 26.0 Å². The number of amides is 1. The number of thiocarbonyl (C=S) groups is 1. The average molecular weight is 366 g/mol. The van der Waals surface area contributed by atoms with Crippen molar-refractivity contribution in [2.45, 2.75) is 19.8 Å². The third-order valence-corrected chi connectivity index (χ3v) is 4.15. The van der Waals surface area contributed by atoms with Gasteiger partial charge in [-0.25, -0.2) is 4.79 Å². The molecule has 0 spiro atoms. The van der Waals surface area contributed by atoms with E-state index in [9.17, 15) is 9.59 Å². The van der Waals surface area contributed by atoms with Crippen molar-refractivity contribution in [3.8, 4) is 0 Å². The van der Waals surface area contributed by atoms with Crippen LogP contribution in [0.5, 0.6) is 0 Å². The fourth-order valence-corrected chi connectivity index (χ4v) is 2.72. The SMILES string of the molecule is CC(C)c1ccc(C(=O)NC(=S)Nc2ccc3oc(=O)ccc3c2)cc1. The maximum Gasteiger partial charge on any atom is 0.336 e. The molecule has 3 aromatic rings. The van der Waals surface area contributed by atoms with Crippen molar-refractivity contribution in [2.75, 3.05) is 5.32 Å². The normalized spacial score (nSPS) is 10.7. The molecule has 0 fully saturated rings. The average Bonchev–Trinajstić information content (AvgIpc) is 2.61. The minimum atomic E-state index is -0.399. The van der Waals surface area contributed by atoms with Crippen LogP contribution in [-0.2, 0) is 0 Å². The number of carbonyl (C=O) groups is 1. The van der Waals surface area contributed by atoms with Crippen LogP contribution in [0.4, 0.5) is 5.69 Å². The van der Waals surface area contributed by atoms with E-state index in [-0.39, 0.29) is 11.0 Å². The minimum absolute atomic E-state index is 0.194. The number of carbonyl (C=O) groups excluding carboxylic acids is 1. The smallest absolute Gasteiger partial charge is 0.336 e. The highest BCUT2D eigenvalue weighted by Gasteiger charge is 2.09. The van der Waals surface area contributed by atoms with E-state index in [1.807, 2.05) is 12.1 Å². The van der Waals surface area contributed by atoms with Crippen LogP contribution in [0, 0.1) is 0 Å². The summed E-state index contributed by atoms with van der Waals surface area (Å²) in [7, 11) is 0. The number of fused-ring (bicyclic) bond motifs is 1. The Morgan fingerprint density at radius 2 is 1.77 bits per heavy atom. The number of hydrogen-bond acceptors (Lipinski definition) is 4. The Kier molecular flexibility index (Phi) is 5.14. The zero-order chi connectivity index (χ0) is 18.7. The Morgan fingerprint density at radius 1 is 1.04 bits per heavy atom. The molecule has 1 heterocycles. The van der Waals surface area contributed by atoms with E-state index < -0.39 is 5.63 Å². The molecule has 2 aromatic carbocycles. The van der Waals surface area contributed by atoms with Gasteiger partial charge in [0.25, 0.3) is 5.91 Å². The molecular formula is C20H18N2O3S. The van der Waals surface area contributed by atoms with Crippen molar-refractivity contribution >= 4 is 39.9 Å². The van der Waals surface area contributed by atoms with Crippen LogP contribution in [-0.4, -0.2) is 11.0 Å². The molecule has 0 unspecified atom stereocenters. The molecule has 1 aromatic heterocycles. The molecule has 0 bridgehead atoms. The van der Waals surface area contributed by atoms with E-state index in [4.69, 9.17) is 16.6 Å². The van der Waals surface area contributed by atoms with Gasteiger partial charge in [-0.05, 0) is 60.1 Å². The maximum atomic E-state index is 12.3. The predicted octanol–water partition coefficient (Wildman–Crippen LogP) is 4.04. The highest BCUT2D eigenvalue weighted by Crippen LogP contribution is 2.18. The molecule has 0 radical (unpaired) electrons. The molecule has 6 heteroatoms.